The van der Waals surface area contributed by atoms with Gasteiger partial charge in [0.2, 0.25) is 0 Å². The molecule has 0 unspecified atom stereocenters. The van der Waals surface area contributed by atoms with Gasteiger partial charge in [-0.3, -0.25) is 4.98 Å². The minimum absolute atomic E-state index is 0.253. The Hall–Kier alpha value is -3.08. The number of nitrogens with zero attached hydrogens (tertiary/aromatic N) is 5. The lowest BCUT2D eigenvalue weighted by Gasteiger charge is -2.04. The number of hydrogen-bond donors (Lipinski definition) is 0. The molecule has 0 radical (unpaired) electrons. The fourth-order valence-electron chi connectivity index (χ4n) is 1.61. The number of halogens is 3. The van der Waals surface area contributed by atoms with E-state index in [9.17, 15) is 13.2 Å². The molecule has 0 spiro atoms. The number of alkyl halides is 3. The molecule has 2 aromatic heterocycles. The molecule has 0 N–H and O–H groups in total. The van der Waals surface area contributed by atoms with Crippen LogP contribution in [0.25, 0.3) is 0 Å². The van der Waals surface area contributed by atoms with Crippen LogP contribution in [-0.2, 0) is 0 Å². The molecule has 0 fully saturated rings. The van der Waals surface area contributed by atoms with Crippen molar-refractivity contribution in [3.05, 3.63) is 60.2 Å². The van der Waals surface area contributed by atoms with Crippen LogP contribution in [0, 0.1) is 11.3 Å². The van der Waals surface area contributed by atoms with Gasteiger partial charge in [-0.1, -0.05) is 12.1 Å². The molecule has 0 saturated heterocycles. The Kier molecular flexibility index (Phi) is 5.15. The van der Waals surface area contributed by atoms with Crippen molar-refractivity contribution in [1.82, 2.24) is 9.97 Å². The highest BCUT2D eigenvalue weighted by atomic mass is 19.4. The Morgan fingerprint density at radius 1 is 0.957 bits per heavy atom. The third-order valence-electron chi connectivity index (χ3n) is 2.69. The van der Waals surface area contributed by atoms with Crippen molar-refractivity contribution in [1.29, 1.82) is 5.26 Å². The lowest BCUT2D eigenvalue weighted by molar-refractivity contribution is -0.0596. The largest absolute Gasteiger partial charge is 0.431 e. The Morgan fingerprint density at radius 3 is 2.09 bits per heavy atom. The first-order chi connectivity index (χ1) is 11.0. The second kappa shape index (κ2) is 7.26. The van der Waals surface area contributed by atoms with Crippen LogP contribution >= 0.6 is 0 Å². The van der Waals surface area contributed by atoms with E-state index in [4.69, 9.17) is 5.26 Å². The molecule has 5 nitrogen and oxygen atoms in total. The predicted molar refractivity (Wildman–Crippen MR) is 77.8 cm³/mol. The fourth-order valence-corrected chi connectivity index (χ4v) is 1.61. The van der Waals surface area contributed by atoms with E-state index in [1.54, 1.807) is 42.6 Å². The van der Waals surface area contributed by atoms with Gasteiger partial charge in [-0.2, -0.15) is 23.5 Å². The highest BCUT2D eigenvalue weighted by molar-refractivity contribution is 6.15. The molecule has 1 aliphatic heterocycles. The Labute approximate surface area is 129 Å². The molecule has 0 saturated carbocycles. The lowest BCUT2D eigenvalue weighted by atomic mass is 10.1. The van der Waals surface area contributed by atoms with E-state index in [1.807, 2.05) is 6.07 Å². The predicted octanol–water partition coefficient (Wildman–Crippen LogP) is 3.15. The molecule has 0 atom stereocenters. The highest BCUT2D eigenvalue weighted by Crippen LogP contribution is 2.24. The summed E-state index contributed by atoms with van der Waals surface area (Å²) < 4.78 is 36.7. The van der Waals surface area contributed by atoms with Gasteiger partial charge < -0.3 is 0 Å². The summed E-state index contributed by atoms with van der Waals surface area (Å²) >= 11 is 0. The SMILES string of the molecule is FC(F)(F)C1=NN=C(c2ccccn2)C1.N#Cc1ccccn1. The molecule has 3 heterocycles. The second-order valence-electron chi connectivity index (χ2n) is 4.31. The monoisotopic (exact) mass is 317 g/mol. The summed E-state index contributed by atoms with van der Waals surface area (Å²) in [5.74, 6) is 0. The van der Waals surface area contributed by atoms with Crippen LogP contribution in [0.15, 0.2) is 59.0 Å². The summed E-state index contributed by atoms with van der Waals surface area (Å²) in [5, 5.41) is 14.8. The van der Waals surface area contributed by atoms with Crippen molar-refractivity contribution < 1.29 is 13.2 Å². The fraction of sp³-hybridized carbons (Fsp3) is 0.133. The summed E-state index contributed by atoms with van der Waals surface area (Å²) in [6, 6.07) is 12.1. The van der Waals surface area contributed by atoms with E-state index in [2.05, 4.69) is 20.2 Å². The van der Waals surface area contributed by atoms with Crippen molar-refractivity contribution in [3.63, 3.8) is 0 Å². The van der Waals surface area contributed by atoms with E-state index >= 15 is 0 Å². The van der Waals surface area contributed by atoms with Crippen LogP contribution in [0.3, 0.4) is 0 Å². The standard InChI is InChI=1S/C9H6F3N3.C6H4N2/c10-9(11,12)8-5-7(14-15-8)6-3-1-2-4-13-6;7-5-6-3-1-2-4-8-6/h1-4H,5H2;1-4H. The molecule has 0 aliphatic carbocycles. The third-order valence-corrected chi connectivity index (χ3v) is 2.69. The van der Waals surface area contributed by atoms with Gasteiger partial charge in [0.25, 0.3) is 0 Å². The number of aromatic nitrogens is 2. The number of nitriles is 1. The van der Waals surface area contributed by atoms with E-state index in [0.29, 0.717) is 11.4 Å². The quantitative estimate of drug-likeness (QED) is 0.811. The summed E-state index contributed by atoms with van der Waals surface area (Å²) in [5.41, 5.74) is 0.277. The first-order valence-electron chi connectivity index (χ1n) is 6.44. The minimum Gasteiger partial charge on any atom is -0.255 e. The van der Waals surface area contributed by atoms with E-state index in [-0.39, 0.29) is 12.1 Å². The molecule has 3 rings (SSSR count). The van der Waals surface area contributed by atoms with Crippen LogP contribution in [0.1, 0.15) is 17.8 Å². The zero-order valence-electron chi connectivity index (χ0n) is 11.7. The maximum absolute atomic E-state index is 12.2. The van der Waals surface area contributed by atoms with Crippen LogP contribution < -0.4 is 0 Å². The van der Waals surface area contributed by atoms with Crippen LogP contribution in [0.5, 0.6) is 0 Å². The molecule has 8 heteroatoms. The molecule has 116 valence electrons. The summed E-state index contributed by atoms with van der Waals surface area (Å²) in [6.45, 7) is 0. The topological polar surface area (TPSA) is 74.3 Å². The zero-order valence-corrected chi connectivity index (χ0v) is 11.7. The van der Waals surface area contributed by atoms with Gasteiger partial charge in [-0.25, -0.2) is 4.98 Å². The maximum Gasteiger partial charge on any atom is 0.431 e. The van der Waals surface area contributed by atoms with Gasteiger partial charge in [-0.05, 0) is 24.3 Å². The van der Waals surface area contributed by atoms with Gasteiger partial charge in [0.05, 0.1) is 11.4 Å². The van der Waals surface area contributed by atoms with Gasteiger partial charge >= 0.3 is 6.18 Å². The Morgan fingerprint density at radius 2 is 1.65 bits per heavy atom. The number of pyridine rings is 2. The first kappa shape index (κ1) is 16.3. The molecule has 0 aromatic carbocycles. The van der Waals surface area contributed by atoms with Crippen molar-refractivity contribution in [2.75, 3.05) is 0 Å². The highest BCUT2D eigenvalue weighted by Gasteiger charge is 2.38. The average Bonchev–Trinajstić information content (AvgIpc) is 3.07. The summed E-state index contributed by atoms with van der Waals surface area (Å²) in [7, 11) is 0. The Balaban J connectivity index is 0.000000203. The first-order valence-corrected chi connectivity index (χ1v) is 6.44. The normalized spacial score (nSPS) is 13.3. The van der Waals surface area contributed by atoms with Crippen molar-refractivity contribution in [2.24, 2.45) is 10.2 Å². The van der Waals surface area contributed by atoms with Crippen molar-refractivity contribution in [2.45, 2.75) is 12.6 Å². The molecule has 0 amide bonds. The average molecular weight is 317 g/mol. The molecule has 23 heavy (non-hydrogen) atoms. The van der Waals surface area contributed by atoms with Gasteiger partial charge in [0, 0.05) is 18.8 Å². The van der Waals surface area contributed by atoms with Crippen LogP contribution in [0.2, 0.25) is 0 Å². The Bertz CT molecular complexity index is 746. The van der Waals surface area contributed by atoms with E-state index < -0.39 is 11.9 Å². The number of rotatable bonds is 1. The molecule has 1 aliphatic rings. The molecule has 2 aromatic rings. The smallest absolute Gasteiger partial charge is 0.255 e. The molecular weight excluding hydrogens is 307 g/mol. The van der Waals surface area contributed by atoms with Gasteiger partial charge in [0.1, 0.15) is 17.5 Å². The molecule has 0 bridgehead atoms. The minimum atomic E-state index is -4.40. The third kappa shape index (κ3) is 4.71. The van der Waals surface area contributed by atoms with Gasteiger partial charge in [0.15, 0.2) is 0 Å². The zero-order chi connectivity index (χ0) is 16.7. The van der Waals surface area contributed by atoms with Crippen molar-refractivity contribution in [3.8, 4) is 6.07 Å². The van der Waals surface area contributed by atoms with Crippen LogP contribution in [0.4, 0.5) is 13.2 Å². The maximum atomic E-state index is 12.2. The van der Waals surface area contributed by atoms with Gasteiger partial charge in [-0.15, -0.1) is 5.10 Å². The van der Waals surface area contributed by atoms with Crippen LogP contribution in [-0.4, -0.2) is 27.6 Å². The second-order valence-corrected chi connectivity index (χ2v) is 4.31. The lowest BCUT2D eigenvalue weighted by Crippen LogP contribution is -2.23. The summed E-state index contributed by atoms with van der Waals surface area (Å²) in [6.07, 6.45) is -1.61. The van der Waals surface area contributed by atoms with E-state index in [0.717, 1.165) is 0 Å². The number of hydrogen-bond acceptors (Lipinski definition) is 5. The molecular formula is C15H10F3N5. The van der Waals surface area contributed by atoms with Crippen molar-refractivity contribution >= 4 is 11.4 Å². The van der Waals surface area contributed by atoms with E-state index in [1.165, 1.54) is 6.20 Å². The summed E-state index contributed by atoms with van der Waals surface area (Å²) in [4.78, 5) is 7.64.